The van der Waals surface area contributed by atoms with Crippen molar-refractivity contribution in [2.24, 2.45) is 0 Å². The van der Waals surface area contributed by atoms with Gasteiger partial charge in [-0.15, -0.1) is 0 Å². The summed E-state index contributed by atoms with van der Waals surface area (Å²) < 4.78 is 5.53. The third kappa shape index (κ3) is 2.53. The topological polar surface area (TPSA) is 75.2 Å². The summed E-state index contributed by atoms with van der Waals surface area (Å²) in [5.74, 6) is -0.982. The molecule has 0 saturated heterocycles. The van der Waals surface area contributed by atoms with Crippen molar-refractivity contribution >= 4 is 21.9 Å². The van der Waals surface area contributed by atoms with Gasteiger partial charge in [0.2, 0.25) is 0 Å². The number of carbonyl (C=O) groups is 1. The molecule has 1 atom stereocenters. The van der Waals surface area contributed by atoms with Crippen molar-refractivity contribution < 1.29 is 14.6 Å². The Kier molecular flexibility index (Phi) is 3.44. The molecular formula is C7H9BrN2O3. The van der Waals surface area contributed by atoms with Gasteiger partial charge in [0.15, 0.2) is 6.10 Å². The van der Waals surface area contributed by atoms with E-state index in [1.165, 1.54) is 7.11 Å². The molecule has 13 heavy (non-hydrogen) atoms. The van der Waals surface area contributed by atoms with E-state index in [1.807, 2.05) is 0 Å². The fourth-order valence-electron chi connectivity index (χ4n) is 0.898. The summed E-state index contributed by atoms with van der Waals surface area (Å²) in [5, 5.41) is 15.1. The monoisotopic (exact) mass is 248 g/mol. The molecule has 0 aromatic carbocycles. The Hall–Kier alpha value is -0.880. The lowest BCUT2D eigenvalue weighted by Crippen LogP contribution is -2.25. The van der Waals surface area contributed by atoms with Gasteiger partial charge in [0.05, 0.1) is 16.4 Å². The van der Waals surface area contributed by atoms with Gasteiger partial charge < -0.3 is 9.84 Å². The lowest BCUT2D eigenvalue weighted by atomic mass is 10.2. The minimum absolute atomic E-state index is 0.270. The molecule has 6 heteroatoms. The maximum atomic E-state index is 10.6. The summed E-state index contributed by atoms with van der Waals surface area (Å²) >= 11 is 3.23. The number of carboxylic acid groups (broad SMARTS) is 1. The molecule has 0 saturated carbocycles. The largest absolute Gasteiger partial charge is 0.479 e. The van der Waals surface area contributed by atoms with Crippen molar-refractivity contribution in [1.29, 1.82) is 0 Å². The Bertz CT molecular complexity index is 300. The summed E-state index contributed by atoms with van der Waals surface area (Å²) in [5.41, 5.74) is 0.717. The zero-order chi connectivity index (χ0) is 9.84. The van der Waals surface area contributed by atoms with Crippen molar-refractivity contribution in [1.82, 2.24) is 10.2 Å². The standard InChI is InChI=1S/C7H9BrN2O3/c1-13-6(7(11)12)2-5-4(8)3-9-10-5/h3,6H,2H2,1H3,(H,9,10)(H,11,12). The SMILES string of the molecule is COC(Cc1[nH]ncc1Br)C(=O)O. The highest BCUT2D eigenvalue weighted by Gasteiger charge is 2.18. The predicted molar refractivity (Wildman–Crippen MR) is 48.4 cm³/mol. The molecule has 0 aliphatic rings. The summed E-state index contributed by atoms with van der Waals surface area (Å²) in [6, 6.07) is 0. The van der Waals surface area contributed by atoms with Crippen LogP contribution in [-0.4, -0.2) is 34.5 Å². The number of carboxylic acids is 1. The van der Waals surface area contributed by atoms with Crippen molar-refractivity contribution in [3.63, 3.8) is 0 Å². The second-order valence-corrected chi connectivity index (χ2v) is 3.32. The molecular weight excluding hydrogens is 240 g/mol. The summed E-state index contributed by atoms with van der Waals surface area (Å²) in [7, 11) is 1.36. The first kappa shape index (κ1) is 10.2. The number of H-pyrrole nitrogens is 1. The molecule has 0 radical (unpaired) electrons. The molecule has 0 amide bonds. The van der Waals surface area contributed by atoms with Gasteiger partial charge in [-0.2, -0.15) is 5.10 Å². The molecule has 0 aliphatic heterocycles. The minimum Gasteiger partial charge on any atom is -0.479 e. The number of aromatic amines is 1. The van der Waals surface area contributed by atoms with Gasteiger partial charge in [-0.1, -0.05) is 0 Å². The van der Waals surface area contributed by atoms with Gasteiger partial charge in [0.25, 0.3) is 0 Å². The Morgan fingerprint density at radius 3 is 3.00 bits per heavy atom. The van der Waals surface area contributed by atoms with E-state index in [-0.39, 0.29) is 6.42 Å². The summed E-state index contributed by atoms with van der Waals surface area (Å²) in [6.45, 7) is 0. The predicted octanol–water partition coefficient (Wildman–Crippen LogP) is 0.814. The number of halogens is 1. The molecule has 2 N–H and O–H groups in total. The van der Waals surface area contributed by atoms with Gasteiger partial charge in [0, 0.05) is 13.5 Å². The third-order valence-corrected chi connectivity index (χ3v) is 2.30. The number of rotatable bonds is 4. The van der Waals surface area contributed by atoms with E-state index < -0.39 is 12.1 Å². The molecule has 0 bridgehead atoms. The van der Waals surface area contributed by atoms with E-state index in [2.05, 4.69) is 26.1 Å². The highest BCUT2D eigenvalue weighted by atomic mass is 79.9. The van der Waals surface area contributed by atoms with Crippen molar-refractivity contribution in [2.45, 2.75) is 12.5 Å². The molecule has 72 valence electrons. The Balaban J connectivity index is 2.67. The first-order valence-corrected chi connectivity index (χ1v) is 4.37. The van der Waals surface area contributed by atoms with Crippen LogP contribution in [-0.2, 0) is 16.0 Å². The van der Waals surface area contributed by atoms with E-state index in [1.54, 1.807) is 6.20 Å². The molecule has 1 aromatic heterocycles. The Morgan fingerprint density at radius 2 is 2.62 bits per heavy atom. The number of ether oxygens (including phenoxy) is 1. The quantitative estimate of drug-likeness (QED) is 0.828. The second-order valence-electron chi connectivity index (χ2n) is 2.46. The Labute approximate surface area is 83.2 Å². The van der Waals surface area contributed by atoms with E-state index >= 15 is 0 Å². The lowest BCUT2D eigenvalue weighted by molar-refractivity contribution is -0.148. The summed E-state index contributed by atoms with van der Waals surface area (Å²) in [6.07, 6.45) is 1.01. The van der Waals surface area contributed by atoms with Crippen LogP contribution >= 0.6 is 15.9 Å². The number of nitrogens with one attached hydrogen (secondary N) is 1. The first-order valence-electron chi connectivity index (χ1n) is 3.58. The third-order valence-electron chi connectivity index (χ3n) is 1.62. The zero-order valence-electron chi connectivity index (χ0n) is 6.95. The number of aromatic nitrogens is 2. The average Bonchev–Trinajstić information content (AvgIpc) is 2.46. The number of hydrogen-bond acceptors (Lipinski definition) is 3. The van der Waals surface area contributed by atoms with Crippen LogP contribution in [0, 0.1) is 0 Å². The molecule has 0 aliphatic carbocycles. The van der Waals surface area contributed by atoms with Gasteiger partial charge in [-0.25, -0.2) is 4.79 Å². The van der Waals surface area contributed by atoms with Crippen LogP contribution < -0.4 is 0 Å². The number of nitrogens with zero attached hydrogens (tertiary/aromatic N) is 1. The van der Waals surface area contributed by atoms with Crippen LogP contribution in [0.5, 0.6) is 0 Å². The first-order chi connectivity index (χ1) is 6.15. The summed E-state index contributed by atoms with van der Waals surface area (Å²) in [4.78, 5) is 10.6. The second kappa shape index (κ2) is 4.38. The maximum absolute atomic E-state index is 10.6. The number of aliphatic carboxylic acids is 1. The molecule has 1 aromatic rings. The van der Waals surface area contributed by atoms with Gasteiger partial charge >= 0.3 is 5.97 Å². The molecule has 0 fully saturated rings. The molecule has 1 rings (SSSR count). The van der Waals surface area contributed by atoms with Gasteiger partial charge in [-0.3, -0.25) is 5.10 Å². The number of methoxy groups -OCH3 is 1. The van der Waals surface area contributed by atoms with E-state index in [9.17, 15) is 4.79 Å². The van der Waals surface area contributed by atoms with Crippen LogP contribution in [0.1, 0.15) is 5.69 Å². The molecule has 1 unspecified atom stereocenters. The van der Waals surface area contributed by atoms with Crippen LogP contribution in [0.15, 0.2) is 10.7 Å². The van der Waals surface area contributed by atoms with Crippen LogP contribution in [0.25, 0.3) is 0 Å². The highest BCUT2D eigenvalue weighted by Crippen LogP contribution is 2.15. The minimum atomic E-state index is -0.982. The van der Waals surface area contributed by atoms with Gasteiger partial charge in [0.1, 0.15) is 0 Å². The van der Waals surface area contributed by atoms with E-state index in [4.69, 9.17) is 9.84 Å². The van der Waals surface area contributed by atoms with Crippen molar-refractivity contribution in [3.05, 3.63) is 16.4 Å². The number of hydrogen-bond donors (Lipinski definition) is 2. The fraction of sp³-hybridized carbons (Fsp3) is 0.429. The van der Waals surface area contributed by atoms with Crippen LogP contribution in [0.3, 0.4) is 0 Å². The van der Waals surface area contributed by atoms with Crippen molar-refractivity contribution in [2.75, 3.05) is 7.11 Å². The Morgan fingerprint density at radius 1 is 1.92 bits per heavy atom. The lowest BCUT2D eigenvalue weighted by Gasteiger charge is -2.08. The van der Waals surface area contributed by atoms with Crippen molar-refractivity contribution in [3.8, 4) is 0 Å². The molecule has 5 nitrogen and oxygen atoms in total. The van der Waals surface area contributed by atoms with Crippen LogP contribution in [0.4, 0.5) is 0 Å². The molecule has 1 heterocycles. The molecule has 0 spiro atoms. The fourth-order valence-corrected chi connectivity index (χ4v) is 1.25. The maximum Gasteiger partial charge on any atom is 0.333 e. The normalized spacial score (nSPS) is 12.8. The van der Waals surface area contributed by atoms with E-state index in [0.29, 0.717) is 5.69 Å². The van der Waals surface area contributed by atoms with Crippen LogP contribution in [0.2, 0.25) is 0 Å². The van der Waals surface area contributed by atoms with E-state index in [0.717, 1.165) is 4.47 Å². The zero-order valence-corrected chi connectivity index (χ0v) is 8.54. The van der Waals surface area contributed by atoms with Gasteiger partial charge in [-0.05, 0) is 15.9 Å². The highest BCUT2D eigenvalue weighted by molar-refractivity contribution is 9.10. The smallest absolute Gasteiger partial charge is 0.333 e. The average molecular weight is 249 g/mol.